The van der Waals surface area contributed by atoms with E-state index in [2.05, 4.69) is 5.10 Å². The Bertz CT molecular complexity index is 636. The number of nitrogens with two attached hydrogens (primary N) is 1. The predicted octanol–water partition coefficient (Wildman–Crippen LogP) is 1.62. The molecular formula is C13H13N3O3. The summed E-state index contributed by atoms with van der Waals surface area (Å²) < 4.78 is 12.2. The number of aryl methyl sites for hydroxylation is 1. The first kappa shape index (κ1) is 11.6. The molecule has 0 bridgehead atoms. The first-order valence-corrected chi connectivity index (χ1v) is 5.85. The van der Waals surface area contributed by atoms with Crippen LogP contribution in [0.3, 0.4) is 0 Å². The number of benzene rings is 1. The van der Waals surface area contributed by atoms with E-state index in [9.17, 15) is 4.79 Å². The number of rotatable bonds is 2. The summed E-state index contributed by atoms with van der Waals surface area (Å²) in [5.74, 6) is 0.715. The number of carbonyl (C=O) groups excluding carboxylic acids is 1. The maximum atomic E-state index is 10.8. The fourth-order valence-electron chi connectivity index (χ4n) is 2.17. The van der Waals surface area contributed by atoms with Crippen LogP contribution in [-0.2, 0) is 11.8 Å². The molecule has 2 N–H and O–H groups in total. The number of fused-ring (bicyclic) bond motifs is 1. The van der Waals surface area contributed by atoms with Crippen molar-refractivity contribution in [2.75, 3.05) is 6.61 Å². The summed E-state index contributed by atoms with van der Waals surface area (Å²) in [7, 11) is 1.87. The van der Waals surface area contributed by atoms with Crippen molar-refractivity contribution in [2.45, 2.75) is 6.10 Å². The van der Waals surface area contributed by atoms with Gasteiger partial charge in [-0.1, -0.05) is 12.1 Å². The number of carbonyl (C=O) groups is 1. The highest BCUT2D eigenvalue weighted by molar-refractivity contribution is 5.67. The van der Waals surface area contributed by atoms with Gasteiger partial charge in [-0.2, -0.15) is 5.10 Å². The van der Waals surface area contributed by atoms with Crippen molar-refractivity contribution in [2.24, 2.45) is 12.8 Å². The van der Waals surface area contributed by atoms with Gasteiger partial charge in [0.05, 0.1) is 6.20 Å². The fourth-order valence-corrected chi connectivity index (χ4v) is 2.17. The van der Waals surface area contributed by atoms with E-state index in [1.807, 2.05) is 31.4 Å². The summed E-state index contributed by atoms with van der Waals surface area (Å²) in [4.78, 5) is 10.8. The van der Waals surface area contributed by atoms with Crippen LogP contribution < -0.4 is 10.5 Å². The zero-order valence-corrected chi connectivity index (χ0v) is 10.4. The van der Waals surface area contributed by atoms with E-state index in [0.29, 0.717) is 12.4 Å². The minimum atomic E-state index is -0.794. The molecule has 1 aromatic heterocycles. The van der Waals surface area contributed by atoms with Gasteiger partial charge >= 0.3 is 6.09 Å². The molecule has 6 nitrogen and oxygen atoms in total. The smallest absolute Gasteiger partial charge is 0.405 e. The number of ether oxygens (including phenoxy) is 2. The number of amides is 1. The molecule has 0 spiro atoms. The second-order valence-corrected chi connectivity index (χ2v) is 4.39. The Hall–Kier alpha value is -2.50. The Kier molecular flexibility index (Phi) is 2.63. The van der Waals surface area contributed by atoms with Crippen LogP contribution in [0.2, 0.25) is 0 Å². The lowest BCUT2D eigenvalue weighted by molar-refractivity contribution is 0.0906. The summed E-state index contributed by atoms with van der Waals surface area (Å²) in [6.07, 6.45) is 2.50. The number of hydrogen-bond acceptors (Lipinski definition) is 4. The molecule has 1 atom stereocenters. The second-order valence-electron chi connectivity index (χ2n) is 4.39. The Morgan fingerprint density at radius 3 is 3.05 bits per heavy atom. The number of hydrogen-bond donors (Lipinski definition) is 1. The van der Waals surface area contributed by atoms with Crippen molar-refractivity contribution >= 4 is 6.09 Å². The van der Waals surface area contributed by atoms with Crippen LogP contribution in [0.25, 0.3) is 11.1 Å². The minimum absolute atomic E-state index is 0.300. The maximum absolute atomic E-state index is 10.8. The van der Waals surface area contributed by atoms with Crippen LogP contribution in [-0.4, -0.2) is 22.5 Å². The molecule has 0 saturated carbocycles. The Morgan fingerprint density at radius 2 is 2.37 bits per heavy atom. The van der Waals surface area contributed by atoms with Gasteiger partial charge in [-0.25, -0.2) is 4.79 Å². The minimum Gasteiger partial charge on any atom is -0.489 e. The van der Waals surface area contributed by atoms with E-state index in [0.717, 1.165) is 16.7 Å². The van der Waals surface area contributed by atoms with Crippen LogP contribution in [0.4, 0.5) is 4.79 Å². The van der Waals surface area contributed by atoms with Crippen molar-refractivity contribution in [1.29, 1.82) is 0 Å². The molecule has 1 aliphatic heterocycles. The molecule has 3 rings (SSSR count). The van der Waals surface area contributed by atoms with Gasteiger partial charge < -0.3 is 15.2 Å². The monoisotopic (exact) mass is 259 g/mol. The van der Waals surface area contributed by atoms with Crippen LogP contribution >= 0.6 is 0 Å². The highest BCUT2D eigenvalue weighted by atomic mass is 16.6. The van der Waals surface area contributed by atoms with Gasteiger partial charge in [-0.3, -0.25) is 4.68 Å². The van der Waals surface area contributed by atoms with Gasteiger partial charge in [-0.15, -0.1) is 0 Å². The lowest BCUT2D eigenvalue weighted by Gasteiger charge is -2.08. The summed E-state index contributed by atoms with van der Waals surface area (Å²) in [6.45, 7) is 0.300. The highest BCUT2D eigenvalue weighted by Crippen LogP contribution is 2.37. The fraction of sp³-hybridized carbons (Fsp3) is 0.231. The van der Waals surface area contributed by atoms with Gasteiger partial charge in [0.15, 0.2) is 6.10 Å². The number of primary amides is 1. The zero-order chi connectivity index (χ0) is 13.4. The van der Waals surface area contributed by atoms with Crippen molar-refractivity contribution < 1.29 is 14.3 Å². The van der Waals surface area contributed by atoms with Crippen molar-refractivity contribution in [3.63, 3.8) is 0 Å². The largest absolute Gasteiger partial charge is 0.489 e. The molecular weight excluding hydrogens is 246 g/mol. The van der Waals surface area contributed by atoms with Crippen LogP contribution in [0, 0.1) is 0 Å². The SMILES string of the molecule is Cn1cc(-c2ccc3c(c2)OCC3OC(N)=O)cn1. The van der Waals surface area contributed by atoms with Gasteiger partial charge in [-0.05, 0) is 11.6 Å². The highest BCUT2D eigenvalue weighted by Gasteiger charge is 2.27. The third kappa shape index (κ3) is 2.12. The third-order valence-corrected chi connectivity index (χ3v) is 3.05. The van der Waals surface area contributed by atoms with Gasteiger partial charge in [0.25, 0.3) is 0 Å². The molecule has 98 valence electrons. The molecule has 1 amide bonds. The van der Waals surface area contributed by atoms with Crippen LogP contribution in [0.15, 0.2) is 30.6 Å². The van der Waals surface area contributed by atoms with E-state index in [-0.39, 0.29) is 0 Å². The summed E-state index contributed by atoms with van der Waals surface area (Å²) in [5.41, 5.74) is 7.88. The first-order valence-electron chi connectivity index (χ1n) is 5.85. The second kappa shape index (κ2) is 4.31. The van der Waals surface area contributed by atoms with E-state index in [1.165, 1.54) is 0 Å². The van der Waals surface area contributed by atoms with Gasteiger partial charge in [0, 0.05) is 24.4 Å². The van der Waals surface area contributed by atoms with Crippen molar-refractivity contribution in [3.05, 3.63) is 36.2 Å². The maximum Gasteiger partial charge on any atom is 0.405 e. The summed E-state index contributed by atoms with van der Waals surface area (Å²) >= 11 is 0. The molecule has 6 heteroatoms. The molecule has 0 fully saturated rings. The number of nitrogens with zero attached hydrogens (tertiary/aromatic N) is 2. The molecule has 1 aliphatic rings. The summed E-state index contributed by atoms with van der Waals surface area (Å²) in [6, 6.07) is 5.75. The molecule has 0 saturated heterocycles. The molecule has 1 aromatic carbocycles. The van der Waals surface area contributed by atoms with Crippen LogP contribution in [0.1, 0.15) is 11.7 Å². The Balaban J connectivity index is 1.92. The topological polar surface area (TPSA) is 79.4 Å². The number of aromatic nitrogens is 2. The van der Waals surface area contributed by atoms with Crippen LogP contribution in [0.5, 0.6) is 5.75 Å². The van der Waals surface area contributed by atoms with Crippen molar-refractivity contribution in [1.82, 2.24) is 9.78 Å². The van der Waals surface area contributed by atoms with E-state index in [1.54, 1.807) is 10.9 Å². The standard InChI is InChI=1S/C13H13N3O3/c1-16-6-9(5-15-16)8-2-3-10-11(4-8)18-7-12(10)19-13(14)17/h2-6,12H,7H2,1H3,(H2,14,17). The molecule has 2 aromatic rings. The van der Waals surface area contributed by atoms with E-state index in [4.69, 9.17) is 15.2 Å². The van der Waals surface area contributed by atoms with Crippen molar-refractivity contribution in [3.8, 4) is 16.9 Å². The molecule has 2 heterocycles. The summed E-state index contributed by atoms with van der Waals surface area (Å²) in [5, 5.41) is 4.13. The Morgan fingerprint density at radius 1 is 1.53 bits per heavy atom. The average Bonchev–Trinajstić information content (AvgIpc) is 2.95. The van der Waals surface area contributed by atoms with Gasteiger partial charge in [0.2, 0.25) is 0 Å². The average molecular weight is 259 g/mol. The van der Waals surface area contributed by atoms with E-state index < -0.39 is 12.2 Å². The molecule has 1 unspecified atom stereocenters. The molecule has 19 heavy (non-hydrogen) atoms. The molecule has 0 aliphatic carbocycles. The van der Waals surface area contributed by atoms with Gasteiger partial charge in [0.1, 0.15) is 12.4 Å². The molecule has 0 radical (unpaired) electrons. The third-order valence-electron chi connectivity index (χ3n) is 3.05. The zero-order valence-electron chi connectivity index (χ0n) is 10.4. The lowest BCUT2D eigenvalue weighted by atomic mass is 10.0. The first-order chi connectivity index (χ1) is 9.13. The lowest BCUT2D eigenvalue weighted by Crippen LogP contribution is -2.18. The quantitative estimate of drug-likeness (QED) is 0.888. The van der Waals surface area contributed by atoms with E-state index >= 15 is 0 Å². The predicted molar refractivity (Wildman–Crippen MR) is 67.5 cm³/mol. The Labute approximate surface area is 109 Å². The normalized spacial score (nSPS) is 16.8.